The average molecular weight is 181 g/mol. The molecule has 0 radical (unpaired) electrons. The maximum absolute atomic E-state index is 10.4. The van der Waals surface area contributed by atoms with Crippen molar-refractivity contribution in [1.82, 2.24) is 0 Å². The Balaban J connectivity index is 2.75. The van der Waals surface area contributed by atoms with Gasteiger partial charge in [-0.1, -0.05) is 0 Å². The summed E-state index contributed by atoms with van der Waals surface area (Å²) in [5, 5.41) is 0. The van der Waals surface area contributed by atoms with Gasteiger partial charge in [0.25, 0.3) is 0 Å². The lowest BCUT2D eigenvalue weighted by Gasteiger charge is -1.88. The molecule has 0 N–H and O–H groups in total. The minimum absolute atomic E-state index is 0.248. The van der Waals surface area contributed by atoms with E-state index in [-0.39, 0.29) is 5.75 Å². The average Bonchev–Trinajstić information content (AvgIpc) is 2.12. The first-order valence-electron chi connectivity index (χ1n) is 2.53. The highest BCUT2D eigenvalue weighted by molar-refractivity contribution is 8.13. The first-order valence-corrected chi connectivity index (χ1v) is 5.00. The highest BCUT2D eigenvalue weighted by Gasteiger charge is 2.07. The van der Waals surface area contributed by atoms with E-state index in [2.05, 4.69) is 0 Å². The molecule has 0 aliphatic carbocycles. The Morgan fingerprint density at radius 3 is 2.70 bits per heavy atom. The van der Waals surface area contributed by atoms with Gasteiger partial charge in [0.2, 0.25) is 9.05 Å². The molecule has 0 aromatic carbocycles. The second-order valence-electron chi connectivity index (χ2n) is 1.76. The van der Waals surface area contributed by atoms with Gasteiger partial charge in [0.15, 0.2) is 0 Å². The van der Waals surface area contributed by atoms with Gasteiger partial charge in [-0.3, -0.25) is 0 Å². The molecule has 0 amide bonds. The Morgan fingerprint density at radius 2 is 2.30 bits per heavy atom. The van der Waals surface area contributed by atoms with Gasteiger partial charge in [0.05, 0.1) is 6.26 Å². The summed E-state index contributed by atoms with van der Waals surface area (Å²) in [6.07, 6.45) is 1.40. The lowest BCUT2D eigenvalue weighted by molar-refractivity contribution is 0.523. The number of halogens is 1. The van der Waals surface area contributed by atoms with Crippen molar-refractivity contribution in [2.24, 2.45) is 0 Å². The topological polar surface area (TPSA) is 47.3 Å². The summed E-state index contributed by atoms with van der Waals surface area (Å²) in [5.74, 6) is 0.108. The van der Waals surface area contributed by atoms with Crippen molar-refractivity contribution in [3.63, 3.8) is 0 Å². The second-order valence-corrected chi connectivity index (χ2v) is 4.54. The lowest BCUT2D eigenvalue weighted by atomic mass is 10.5. The van der Waals surface area contributed by atoms with Crippen molar-refractivity contribution in [1.29, 1.82) is 0 Å². The normalized spacial score (nSPS) is 11.7. The minimum Gasteiger partial charge on any atom is -0.468 e. The van der Waals surface area contributed by atoms with Gasteiger partial charge in [0, 0.05) is 10.7 Å². The Hall–Kier alpha value is -0.480. The Labute approximate surface area is 63.0 Å². The highest BCUT2D eigenvalue weighted by atomic mass is 35.7. The zero-order chi connectivity index (χ0) is 7.61. The first kappa shape index (κ1) is 7.63. The number of rotatable bonds is 2. The largest absolute Gasteiger partial charge is 0.468 e. The van der Waals surface area contributed by atoms with E-state index in [1.54, 1.807) is 12.1 Å². The molecule has 0 fully saturated rings. The van der Waals surface area contributed by atoms with Crippen LogP contribution in [0.2, 0.25) is 0 Å². The molecule has 56 valence electrons. The van der Waals surface area contributed by atoms with Crippen molar-refractivity contribution in [2.75, 3.05) is 0 Å². The van der Waals surface area contributed by atoms with Crippen LogP contribution in [0.3, 0.4) is 0 Å². The predicted molar refractivity (Wildman–Crippen MR) is 37.2 cm³/mol. The van der Waals surface area contributed by atoms with Gasteiger partial charge in [-0.2, -0.15) is 0 Å². The van der Waals surface area contributed by atoms with E-state index in [1.165, 1.54) is 6.26 Å². The van der Waals surface area contributed by atoms with E-state index >= 15 is 0 Å². The van der Waals surface area contributed by atoms with Gasteiger partial charge in [-0.15, -0.1) is 0 Å². The Bertz CT molecular complexity index is 287. The van der Waals surface area contributed by atoms with Gasteiger partial charge < -0.3 is 4.42 Å². The summed E-state index contributed by atoms with van der Waals surface area (Å²) >= 11 is 0. The SMILES string of the molecule is O=S(=O)(Cl)Cc1ccco1. The molecule has 0 aliphatic heterocycles. The molecule has 10 heavy (non-hydrogen) atoms. The van der Waals surface area contributed by atoms with Crippen LogP contribution in [-0.4, -0.2) is 8.42 Å². The highest BCUT2D eigenvalue weighted by Crippen LogP contribution is 2.08. The molecular weight excluding hydrogens is 176 g/mol. The molecule has 0 saturated heterocycles. The summed E-state index contributed by atoms with van der Waals surface area (Å²) < 4.78 is 25.6. The van der Waals surface area contributed by atoms with E-state index in [9.17, 15) is 8.42 Å². The summed E-state index contributed by atoms with van der Waals surface area (Å²) in [6, 6.07) is 3.16. The van der Waals surface area contributed by atoms with Crippen LogP contribution in [-0.2, 0) is 14.8 Å². The molecule has 1 aromatic rings. The molecular formula is C5H5ClO3S. The van der Waals surface area contributed by atoms with Gasteiger partial charge in [0.1, 0.15) is 11.5 Å². The van der Waals surface area contributed by atoms with Crippen molar-refractivity contribution in [3.05, 3.63) is 24.2 Å². The quantitative estimate of drug-likeness (QED) is 0.646. The van der Waals surface area contributed by atoms with Crippen LogP contribution in [0.1, 0.15) is 5.76 Å². The fourth-order valence-electron chi connectivity index (χ4n) is 0.565. The van der Waals surface area contributed by atoms with Gasteiger partial charge >= 0.3 is 0 Å². The van der Waals surface area contributed by atoms with E-state index in [0.717, 1.165) is 0 Å². The summed E-state index contributed by atoms with van der Waals surface area (Å²) in [7, 11) is 1.47. The third-order valence-electron chi connectivity index (χ3n) is 0.895. The van der Waals surface area contributed by atoms with Crippen molar-refractivity contribution < 1.29 is 12.8 Å². The first-order chi connectivity index (χ1) is 4.58. The standard InChI is InChI=1S/C5H5ClO3S/c6-10(7,8)4-5-2-1-3-9-5/h1-3H,4H2. The Morgan fingerprint density at radius 1 is 1.60 bits per heavy atom. The zero-order valence-corrected chi connectivity index (χ0v) is 6.52. The van der Waals surface area contributed by atoms with Crippen LogP contribution in [0.5, 0.6) is 0 Å². The number of hydrogen-bond donors (Lipinski definition) is 0. The molecule has 0 atom stereocenters. The van der Waals surface area contributed by atoms with Crippen LogP contribution in [0.4, 0.5) is 0 Å². The van der Waals surface area contributed by atoms with Gasteiger partial charge in [-0.25, -0.2) is 8.42 Å². The minimum atomic E-state index is -3.47. The van der Waals surface area contributed by atoms with Crippen molar-refractivity contribution in [3.8, 4) is 0 Å². The van der Waals surface area contributed by atoms with E-state index < -0.39 is 9.05 Å². The number of hydrogen-bond acceptors (Lipinski definition) is 3. The second kappa shape index (κ2) is 2.64. The fraction of sp³-hybridized carbons (Fsp3) is 0.200. The predicted octanol–water partition coefficient (Wildman–Crippen LogP) is 1.35. The maximum atomic E-state index is 10.4. The van der Waals surface area contributed by atoms with Crippen LogP contribution >= 0.6 is 10.7 Å². The van der Waals surface area contributed by atoms with Crippen LogP contribution < -0.4 is 0 Å². The van der Waals surface area contributed by atoms with E-state index in [1.807, 2.05) is 0 Å². The molecule has 3 nitrogen and oxygen atoms in total. The number of furan rings is 1. The van der Waals surface area contributed by atoms with Crippen LogP contribution in [0.25, 0.3) is 0 Å². The molecule has 1 aromatic heterocycles. The summed E-state index contributed by atoms with van der Waals surface area (Å²) in [6.45, 7) is 0. The summed E-state index contributed by atoms with van der Waals surface area (Å²) in [4.78, 5) is 0. The third-order valence-corrected chi connectivity index (χ3v) is 1.85. The maximum Gasteiger partial charge on any atom is 0.239 e. The molecule has 0 bridgehead atoms. The monoisotopic (exact) mass is 180 g/mol. The zero-order valence-electron chi connectivity index (χ0n) is 4.95. The van der Waals surface area contributed by atoms with Crippen LogP contribution in [0, 0.1) is 0 Å². The van der Waals surface area contributed by atoms with Crippen molar-refractivity contribution in [2.45, 2.75) is 5.75 Å². The Kier molecular flexibility index (Phi) is 2.01. The molecule has 0 spiro atoms. The molecule has 1 heterocycles. The molecule has 1 rings (SSSR count). The molecule has 5 heteroatoms. The van der Waals surface area contributed by atoms with E-state index in [0.29, 0.717) is 5.76 Å². The summed E-state index contributed by atoms with van der Waals surface area (Å²) in [5.41, 5.74) is 0. The smallest absolute Gasteiger partial charge is 0.239 e. The third kappa shape index (κ3) is 2.41. The fourth-order valence-corrected chi connectivity index (χ4v) is 1.39. The molecule has 0 saturated carbocycles. The lowest BCUT2D eigenvalue weighted by Crippen LogP contribution is -1.92. The van der Waals surface area contributed by atoms with Crippen LogP contribution in [0.15, 0.2) is 22.8 Å². The van der Waals surface area contributed by atoms with Gasteiger partial charge in [-0.05, 0) is 12.1 Å². The van der Waals surface area contributed by atoms with E-state index in [4.69, 9.17) is 15.1 Å². The molecule has 0 unspecified atom stereocenters. The molecule has 0 aliphatic rings. The van der Waals surface area contributed by atoms with Crippen molar-refractivity contribution >= 4 is 19.7 Å².